The average Bonchev–Trinajstić information content (AvgIpc) is 2.97. The van der Waals surface area contributed by atoms with Crippen LogP contribution >= 0.6 is 22.9 Å². The van der Waals surface area contributed by atoms with Gasteiger partial charge in [0.2, 0.25) is 0 Å². The van der Waals surface area contributed by atoms with Gasteiger partial charge in [-0.1, -0.05) is 50.2 Å². The number of benzene rings is 2. The van der Waals surface area contributed by atoms with Gasteiger partial charge < -0.3 is 0 Å². The van der Waals surface area contributed by atoms with Gasteiger partial charge in [-0.25, -0.2) is 0 Å². The van der Waals surface area contributed by atoms with Gasteiger partial charge in [-0.05, 0) is 47.1 Å². The molecule has 0 aliphatic rings. The summed E-state index contributed by atoms with van der Waals surface area (Å²) in [6.07, 6.45) is 2.07. The minimum Gasteiger partial charge on any atom is -0.138 e. The van der Waals surface area contributed by atoms with Gasteiger partial charge in [0.1, 0.15) is 0 Å². The predicted molar refractivity (Wildman–Crippen MR) is 94.7 cm³/mol. The van der Waals surface area contributed by atoms with Crippen molar-refractivity contribution in [2.24, 2.45) is 0 Å². The van der Waals surface area contributed by atoms with Crippen molar-refractivity contribution in [2.45, 2.75) is 32.1 Å². The van der Waals surface area contributed by atoms with E-state index in [0.717, 1.165) is 12.8 Å². The summed E-state index contributed by atoms with van der Waals surface area (Å²) >= 11 is 8.63. The molecule has 0 amide bonds. The van der Waals surface area contributed by atoms with Crippen LogP contribution in [-0.4, -0.2) is 0 Å². The number of aryl methyl sites for hydroxylation is 2. The zero-order valence-electron chi connectivity index (χ0n) is 12.4. The molecular formula is C19H19ClS. The van der Waals surface area contributed by atoms with Crippen molar-refractivity contribution in [3.63, 3.8) is 0 Å². The highest BCUT2D eigenvalue weighted by atomic mass is 35.5. The van der Waals surface area contributed by atoms with Crippen molar-refractivity contribution in [3.05, 3.63) is 70.1 Å². The van der Waals surface area contributed by atoms with Crippen molar-refractivity contribution < 1.29 is 0 Å². The standard InChI is InChI=1S/C19H19ClS/c1-3-13-9-10-14(4-2)16(11-13)19(20)18-12-15-7-5-6-8-17(15)21-18/h5-12,19H,3-4H2,1-2H3. The molecule has 0 radical (unpaired) electrons. The second kappa shape index (κ2) is 6.21. The molecule has 3 rings (SSSR count). The highest BCUT2D eigenvalue weighted by Gasteiger charge is 2.17. The summed E-state index contributed by atoms with van der Waals surface area (Å²) in [6, 6.07) is 17.4. The molecule has 1 unspecified atom stereocenters. The average molecular weight is 315 g/mol. The first-order valence-corrected chi connectivity index (χ1v) is 8.72. The second-order valence-electron chi connectivity index (χ2n) is 5.29. The molecule has 2 heteroatoms. The Bertz CT molecular complexity index is 724. The summed E-state index contributed by atoms with van der Waals surface area (Å²) in [5, 5.41) is 1.23. The number of thiophene rings is 1. The minimum absolute atomic E-state index is 0.0520. The maximum atomic E-state index is 6.83. The van der Waals surface area contributed by atoms with Crippen LogP contribution in [0, 0.1) is 0 Å². The Labute approximate surface area is 135 Å². The molecule has 1 atom stereocenters. The van der Waals surface area contributed by atoms with E-state index in [1.165, 1.54) is 31.7 Å². The van der Waals surface area contributed by atoms with Crippen LogP contribution in [0.5, 0.6) is 0 Å². The Morgan fingerprint density at radius 1 is 1.00 bits per heavy atom. The molecule has 0 saturated heterocycles. The largest absolute Gasteiger partial charge is 0.138 e. The van der Waals surface area contributed by atoms with Gasteiger partial charge in [0, 0.05) is 9.58 Å². The Morgan fingerprint density at radius 3 is 2.52 bits per heavy atom. The Hall–Kier alpha value is -1.31. The van der Waals surface area contributed by atoms with Crippen molar-refractivity contribution in [2.75, 3.05) is 0 Å². The van der Waals surface area contributed by atoms with Gasteiger partial charge in [0.05, 0.1) is 5.38 Å². The fraction of sp³-hybridized carbons (Fsp3) is 0.263. The van der Waals surface area contributed by atoms with Crippen LogP contribution in [0.15, 0.2) is 48.5 Å². The molecule has 21 heavy (non-hydrogen) atoms. The molecular weight excluding hydrogens is 296 g/mol. The molecule has 0 spiro atoms. The van der Waals surface area contributed by atoms with Gasteiger partial charge in [0.15, 0.2) is 0 Å². The number of rotatable bonds is 4. The number of fused-ring (bicyclic) bond motifs is 1. The van der Waals surface area contributed by atoms with Crippen molar-refractivity contribution in [1.82, 2.24) is 0 Å². The van der Waals surface area contributed by atoms with Crippen LogP contribution in [0.2, 0.25) is 0 Å². The van der Waals surface area contributed by atoms with E-state index in [2.05, 4.69) is 62.4 Å². The summed E-state index contributed by atoms with van der Waals surface area (Å²) in [7, 11) is 0. The zero-order valence-corrected chi connectivity index (χ0v) is 14.0. The van der Waals surface area contributed by atoms with Crippen molar-refractivity contribution in [1.29, 1.82) is 0 Å². The molecule has 1 heterocycles. The Kier molecular flexibility index (Phi) is 4.32. The summed E-state index contributed by atoms with van der Waals surface area (Å²) in [4.78, 5) is 1.24. The summed E-state index contributed by atoms with van der Waals surface area (Å²) in [5.74, 6) is 0. The maximum Gasteiger partial charge on any atom is 0.0930 e. The topological polar surface area (TPSA) is 0 Å². The quantitative estimate of drug-likeness (QED) is 0.492. The lowest BCUT2D eigenvalue weighted by Gasteiger charge is -2.14. The lowest BCUT2D eigenvalue weighted by atomic mass is 9.97. The molecule has 1 aromatic heterocycles. The van der Waals surface area contributed by atoms with E-state index in [9.17, 15) is 0 Å². The van der Waals surface area contributed by atoms with Crippen LogP contribution in [0.4, 0.5) is 0 Å². The summed E-state index contributed by atoms with van der Waals surface area (Å²) < 4.78 is 1.31. The van der Waals surface area contributed by atoms with Gasteiger partial charge in [-0.15, -0.1) is 22.9 Å². The van der Waals surface area contributed by atoms with Crippen LogP contribution in [0.1, 0.15) is 40.8 Å². The van der Waals surface area contributed by atoms with E-state index >= 15 is 0 Å². The maximum absolute atomic E-state index is 6.83. The van der Waals surface area contributed by atoms with Crippen LogP contribution in [-0.2, 0) is 12.8 Å². The van der Waals surface area contributed by atoms with E-state index in [1.807, 2.05) is 0 Å². The van der Waals surface area contributed by atoms with Crippen molar-refractivity contribution >= 4 is 33.0 Å². The van der Waals surface area contributed by atoms with Crippen LogP contribution in [0.3, 0.4) is 0 Å². The molecule has 108 valence electrons. The zero-order chi connectivity index (χ0) is 14.8. The fourth-order valence-electron chi connectivity index (χ4n) is 2.70. The minimum atomic E-state index is -0.0520. The van der Waals surface area contributed by atoms with Gasteiger partial charge in [0.25, 0.3) is 0 Å². The lowest BCUT2D eigenvalue weighted by Crippen LogP contribution is -1.98. The van der Waals surface area contributed by atoms with Crippen molar-refractivity contribution in [3.8, 4) is 0 Å². The second-order valence-corrected chi connectivity index (χ2v) is 6.84. The molecule has 0 bridgehead atoms. The first-order chi connectivity index (χ1) is 10.2. The first kappa shape index (κ1) is 14.6. The van der Waals surface area contributed by atoms with E-state index in [0.29, 0.717) is 0 Å². The molecule has 0 saturated carbocycles. The summed E-state index contributed by atoms with van der Waals surface area (Å²) in [5.41, 5.74) is 3.98. The van der Waals surface area contributed by atoms with Crippen LogP contribution in [0.25, 0.3) is 10.1 Å². The fourth-order valence-corrected chi connectivity index (χ4v) is 4.16. The Morgan fingerprint density at radius 2 is 1.81 bits per heavy atom. The number of hydrogen-bond donors (Lipinski definition) is 0. The van der Waals surface area contributed by atoms with Gasteiger partial charge in [-0.2, -0.15) is 0 Å². The Balaban J connectivity index is 2.06. The smallest absolute Gasteiger partial charge is 0.0930 e. The lowest BCUT2D eigenvalue weighted by molar-refractivity contribution is 1.03. The normalized spacial score (nSPS) is 12.7. The molecule has 0 aliphatic heterocycles. The highest BCUT2D eigenvalue weighted by Crippen LogP contribution is 2.38. The molecule has 0 aliphatic carbocycles. The molecule has 0 fully saturated rings. The third-order valence-corrected chi connectivity index (χ3v) is 5.75. The van der Waals surface area contributed by atoms with Gasteiger partial charge >= 0.3 is 0 Å². The van der Waals surface area contributed by atoms with Crippen LogP contribution < -0.4 is 0 Å². The highest BCUT2D eigenvalue weighted by molar-refractivity contribution is 7.19. The summed E-state index contributed by atoms with van der Waals surface area (Å²) in [6.45, 7) is 4.38. The van der Waals surface area contributed by atoms with E-state index < -0.39 is 0 Å². The third kappa shape index (κ3) is 2.86. The third-order valence-electron chi connectivity index (χ3n) is 3.97. The number of alkyl halides is 1. The van der Waals surface area contributed by atoms with E-state index in [-0.39, 0.29) is 5.38 Å². The monoisotopic (exact) mass is 314 g/mol. The molecule has 0 nitrogen and oxygen atoms in total. The van der Waals surface area contributed by atoms with Gasteiger partial charge in [-0.3, -0.25) is 0 Å². The molecule has 2 aromatic carbocycles. The molecule has 3 aromatic rings. The van der Waals surface area contributed by atoms with E-state index in [1.54, 1.807) is 11.3 Å². The van der Waals surface area contributed by atoms with E-state index in [4.69, 9.17) is 11.6 Å². The first-order valence-electron chi connectivity index (χ1n) is 7.47. The molecule has 0 N–H and O–H groups in total. The SMILES string of the molecule is CCc1ccc(CC)c(C(Cl)c2cc3ccccc3s2)c1. The predicted octanol–water partition coefficient (Wildman–Crippen LogP) is 6.35. The number of hydrogen-bond acceptors (Lipinski definition) is 1. The number of halogens is 1.